The van der Waals surface area contributed by atoms with Gasteiger partial charge in [-0.15, -0.1) is 0 Å². The van der Waals surface area contributed by atoms with Gasteiger partial charge in [-0.25, -0.2) is 0 Å². The molecule has 7 rings (SSSR count). The smallest absolute Gasteiger partial charge is 0.270 e. The molecule has 0 unspecified atom stereocenters. The number of fused-ring (bicyclic) bond motifs is 4. The Morgan fingerprint density at radius 1 is 1.32 bits per heavy atom. The molecule has 2 bridgehead atoms. The normalized spacial score (nSPS) is 32.5. The third kappa shape index (κ3) is 1.78. The Bertz CT molecular complexity index is 1330. The van der Waals surface area contributed by atoms with Crippen LogP contribution in [0.2, 0.25) is 0 Å². The molecule has 3 aromatic rings. The molecule has 2 aliphatic carbocycles. The maximum atomic E-state index is 12.4. The van der Waals surface area contributed by atoms with Crippen molar-refractivity contribution in [2.24, 2.45) is 0 Å². The molecule has 8 nitrogen and oxygen atoms in total. The van der Waals surface area contributed by atoms with Crippen LogP contribution in [0, 0.1) is 10.1 Å². The van der Waals surface area contributed by atoms with Gasteiger partial charge in [0.05, 0.1) is 21.6 Å². The molecule has 4 atom stereocenters. The Morgan fingerprint density at radius 3 is 2.97 bits per heavy atom. The fourth-order valence-corrected chi connectivity index (χ4v) is 6.99. The van der Waals surface area contributed by atoms with Gasteiger partial charge in [0.15, 0.2) is 17.6 Å². The number of aliphatic hydroxyl groups is 1. The Kier molecular flexibility index (Phi) is 2.95. The minimum absolute atomic E-state index is 0.0260. The molecule has 1 spiro atoms. The highest BCUT2D eigenvalue weighted by molar-refractivity contribution is 5.88. The number of rotatable bonds is 1. The number of hydrogen-bond acceptors (Lipinski definition) is 6. The minimum Gasteiger partial charge on any atom is -0.504 e. The third-order valence-corrected chi connectivity index (χ3v) is 8.32. The van der Waals surface area contributed by atoms with E-state index in [4.69, 9.17) is 4.74 Å². The number of ether oxygens (including phenoxy) is 1. The summed E-state index contributed by atoms with van der Waals surface area (Å²) < 4.78 is 6.45. The number of aromatic amines is 1. The van der Waals surface area contributed by atoms with Gasteiger partial charge in [-0.2, -0.15) is 0 Å². The Morgan fingerprint density at radius 2 is 2.16 bits per heavy atom. The molecule has 2 aromatic carbocycles. The number of hydrogen-bond donors (Lipinski definition) is 3. The van der Waals surface area contributed by atoms with Gasteiger partial charge in [0.1, 0.15) is 0 Å². The molecule has 4 aliphatic rings. The van der Waals surface area contributed by atoms with Crippen LogP contribution in [0.4, 0.5) is 5.69 Å². The summed E-state index contributed by atoms with van der Waals surface area (Å²) in [6.45, 7) is 0.822. The number of benzene rings is 2. The van der Waals surface area contributed by atoms with Crippen molar-refractivity contribution >= 4 is 16.6 Å². The lowest BCUT2D eigenvalue weighted by molar-refractivity contribution is -0.384. The van der Waals surface area contributed by atoms with Crippen LogP contribution in [0.3, 0.4) is 0 Å². The van der Waals surface area contributed by atoms with Crippen LogP contribution in [0.25, 0.3) is 10.9 Å². The van der Waals surface area contributed by atoms with Gasteiger partial charge < -0.3 is 24.8 Å². The van der Waals surface area contributed by atoms with Crippen molar-refractivity contribution in [1.29, 1.82) is 0 Å². The first-order chi connectivity index (χ1) is 14.8. The average molecular weight is 419 g/mol. The van der Waals surface area contributed by atoms with E-state index >= 15 is 0 Å². The monoisotopic (exact) mass is 419 g/mol. The van der Waals surface area contributed by atoms with E-state index in [1.54, 1.807) is 18.2 Å². The van der Waals surface area contributed by atoms with Crippen molar-refractivity contribution < 1.29 is 19.9 Å². The molecular formula is C23H21N3O5. The van der Waals surface area contributed by atoms with E-state index < -0.39 is 22.0 Å². The van der Waals surface area contributed by atoms with Crippen molar-refractivity contribution in [3.63, 3.8) is 0 Å². The zero-order valence-electron chi connectivity index (χ0n) is 16.9. The highest BCUT2D eigenvalue weighted by Gasteiger charge is 2.72. The summed E-state index contributed by atoms with van der Waals surface area (Å²) in [5.74, 6) is 0.567. The van der Waals surface area contributed by atoms with E-state index in [2.05, 4.69) is 9.88 Å². The number of non-ortho nitro benzene ring substituents is 1. The largest absolute Gasteiger partial charge is 0.504 e. The van der Waals surface area contributed by atoms with Gasteiger partial charge in [-0.05, 0) is 49.7 Å². The SMILES string of the molecule is CN1CC[C@]23c4c5ccc(O)c4O[C@H]2c2[nH]c4ccc([N+](=O)[O-])cc4c2C[C@@]3(O)[C@@H]1C5. The number of likely N-dealkylation sites (N-methyl/N-ethyl adjacent to an activating group) is 1. The number of nitro groups is 1. The average Bonchev–Trinajstić information content (AvgIpc) is 3.27. The summed E-state index contributed by atoms with van der Waals surface area (Å²) in [7, 11) is 2.04. The van der Waals surface area contributed by atoms with E-state index in [-0.39, 0.29) is 17.5 Å². The van der Waals surface area contributed by atoms with Crippen molar-refractivity contribution in [2.75, 3.05) is 13.6 Å². The number of phenols is 1. The molecule has 1 saturated heterocycles. The van der Waals surface area contributed by atoms with E-state index in [0.29, 0.717) is 25.0 Å². The van der Waals surface area contributed by atoms with E-state index in [1.165, 1.54) is 6.07 Å². The van der Waals surface area contributed by atoms with Gasteiger partial charge in [-0.3, -0.25) is 10.1 Å². The molecule has 1 aromatic heterocycles. The number of phenolic OH excluding ortho intramolecular Hbond substituents is 1. The molecule has 0 amide bonds. The van der Waals surface area contributed by atoms with Gasteiger partial charge in [0.2, 0.25) is 0 Å². The number of H-pyrrole nitrogens is 1. The molecule has 0 radical (unpaired) electrons. The first-order valence-electron chi connectivity index (χ1n) is 10.6. The van der Waals surface area contributed by atoms with Crippen LogP contribution in [0.1, 0.15) is 34.9 Å². The molecule has 158 valence electrons. The maximum absolute atomic E-state index is 12.4. The van der Waals surface area contributed by atoms with E-state index in [9.17, 15) is 20.3 Å². The molecule has 1 fully saturated rings. The van der Waals surface area contributed by atoms with Crippen molar-refractivity contribution in [1.82, 2.24) is 9.88 Å². The number of nitro benzene ring substituents is 1. The topological polar surface area (TPSA) is 112 Å². The summed E-state index contributed by atoms with van der Waals surface area (Å²) in [5.41, 5.74) is 2.84. The van der Waals surface area contributed by atoms with Crippen LogP contribution in [-0.2, 0) is 18.3 Å². The molecular weight excluding hydrogens is 398 g/mol. The third-order valence-electron chi connectivity index (χ3n) is 8.32. The number of aromatic hydroxyl groups is 1. The predicted molar refractivity (Wildman–Crippen MR) is 111 cm³/mol. The van der Waals surface area contributed by atoms with Gasteiger partial charge >= 0.3 is 0 Å². The summed E-state index contributed by atoms with van der Waals surface area (Å²) in [4.78, 5) is 16.7. The van der Waals surface area contributed by atoms with Gasteiger partial charge in [0.25, 0.3) is 5.69 Å². The van der Waals surface area contributed by atoms with Crippen LogP contribution in [0.15, 0.2) is 30.3 Å². The van der Waals surface area contributed by atoms with Crippen LogP contribution < -0.4 is 4.74 Å². The maximum Gasteiger partial charge on any atom is 0.270 e. The zero-order chi connectivity index (χ0) is 21.3. The van der Waals surface area contributed by atoms with E-state index in [0.717, 1.165) is 39.8 Å². The molecule has 0 saturated carbocycles. The zero-order valence-corrected chi connectivity index (χ0v) is 16.9. The summed E-state index contributed by atoms with van der Waals surface area (Å²) >= 11 is 0. The molecule has 3 N–H and O–H groups in total. The Labute approximate surface area is 177 Å². The van der Waals surface area contributed by atoms with Crippen LogP contribution in [-0.4, -0.2) is 50.3 Å². The second-order valence-corrected chi connectivity index (χ2v) is 9.47. The fourth-order valence-electron chi connectivity index (χ4n) is 6.99. The number of piperidine rings is 1. The first-order valence-corrected chi connectivity index (χ1v) is 10.6. The minimum atomic E-state index is -1.11. The van der Waals surface area contributed by atoms with Crippen molar-refractivity contribution in [3.8, 4) is 11.5 Å². The number of nitrogens with one attached hydrogen (secondary N) is 1. The lowest BCUT2D eigenvalue weighted by Gasteiger charge is -2.62. The summed E-state index contributed by atoms with van der Waals surface area (Å²) in [6.07, 6.45) is 1.28. The second-order valence-electron chi connectivity index (χ2n) is 9.47. The Balaban J connectivity index is 1.57. The molecule has 8 heteroatoms. The highest BCUT2D eigenvalue weighted by Crippen LogP contribution is 2.68. The molecule has 31 heavy (non-hydrogen) atoms. The molecule has 2 aliphatic heterocycles. The predicted octanol–water partition coefficient (Wildman–Crippen LogP) is 2.70. The highest BCUT2D eigenvalue weighted by atomic mass is 16.6. The fraction of sp³-hybridized carbons (Fsp3) is 0.391. The Hall–Kier alpha value is -3.10. The lowest BCUT2D eigenvalue weighted by Crippen LogP contribution is -2.73. The van der Waals surface area contributed by atoms with Gasteiger partial charge in [0, 0.05) is 41.1 Å². The summed E-state index contributed by atoms with van der Waals surface area (Å²) in [6, 6.07) is 8.33. The van der Waals surface area contributed by atoms with Crippen LogP contribution >= 0.6 is 0 Å². The van der Waals surface area contributed by atoms with Gasteiger partial charge in [-0.1, -0.05) is 6.07 Å². The first kappa shape index (κ1) is 17.6. The van der Waals surface area contributed by atoms with E-state index in [1.807, 2.05) is 13.1 Å². The standard InChI is InChI=1S/C23H21N3O5/c1-25-7-6-22-18-11-2-5-16(27)20(18)31-21(22)19-14(10-23(22,28)17(25)8-11)13-9-12(26(29)30)3-4-15(13)24-19/h2-5,9,17,21,24,27-28H,6-8,10H2,1H3/t17-,21-,22-,23+/m0/s1. The number of aromatic nitrogens is 1. The second kappa shape index (κ2) is 5.20. The summed E-state index contributed by atoms with van der Waals surface area (Å²) in [5, 5.41) is 35.2. The number of likely N-dealkylation sites (tertiary alicyclic amines) is 1. The quantitative estimate of drug-likeness (QED) is 0.413. The molecule has 3 heterocycles. The number of nitrogens with zero attached hydrogens (tertiary/aromatic N) is 2. The lowest BCUT2D eigenvalue weighted by atomic mass is 9.49. The van der Waals surface area contributed by atoms with Crippen molar-refractivity contribution in [2.45, 2.75) is 42.4 Å². The van der Waals surface area contributed by atoms with Crippen molar-refractivity contribution in [3.05, 3.63) is 62.8 Å². The van der Waals surface area contributed by atoms with Crippen LogP contribution in [0.5, 0.6) is 11.5 Å².